The summed E-state index contributed by atoms with van der Waals surface area (Å²) in [5, 5.41) is 3.41. The van der Waals surface area contributed by atoms with Gasteiger partial charge in [0.25, 0.3) is 0 Å². The van der Waals surface area contributed by atoms with Crippen molar-refractivity contribution < 1.29 is 14.3 Å². The van der Waals surface area contributed by atoms with E-state index in [9.17, 15) is 9.59 Å². The van der Waals surface area contributed by atoms with E-state index in [-0.39, 0.29) is 18.8 Å². The number of hydrogen-bond donors (Lipinski definition) is 0. The Labute approximate surface area is 97.8 Å². The van der Waals surface area contributed by atoms with Crippen LogP contribution in [0.2, 0.25) is 0 Å². The Hall–Kier alpha value is -2.33. The summed E-state index contributed by atoms with van der Waals surface area (Å²) in [6, 6.07) is 6.61. The maximum absolute atomic E-state index is 11.1. The van der Waals surface area contributed by atoms with Crippen molar-refractivity contribution in [1.82, 2.24) is 0 Å². The van der Waals surface area contributed by atoms with Crippen LogP contribution in [-0.4, -0.2) is 11.8 Å². The van der Waals surface area contributed by atoms with Gasteiger partial charge in [-0.1, -0.05) is 29.4 Å². The number of azide groups is 1. The van der Waals surface area contributed by atoms with Crippen molar-refractivity contribution in [2.45, 2.75) is 20.0 Å². The highest BCUT2D eigenvalue weighted by molar-refractivity contribution is 5.94. The number of benzene rings is 1. The molecule has 0 aromatic heterocycles. The van der Waals surface area contributed by atoms with Crippen LogP contribution < -0.4 is 0 Å². The highest BCUT2D eigenvalue weighted by Crippen LogP contribution is 2.13. The van der Waals surface area contributed by atoms with E-state index < -0.39 is 5.97 Å². The summed E-state index contributed by atoms with van der Waals surface area (Å²) in [4.78, 5) is 24.4. The largest absolute Gasteiger partial charge is 0.460 e. The second kappa shape index (κ2) is 6.30. The Bertz CT molecular complexity index is 461. The molecule has 17 heavy (non-hydrogen) atoms. The SMILES string of the molecule is CC(=O)CC(=O)OCc1ccc(N=[N+]=[N-])cc1. The van der Waals surface area contributed by atoms with Crippen LogP contribution in [0.4, 0.5) is 5.69 Å². The fraction of sp³-hybridized carbons (Fsp3) is 0.273. The predicted octanol–water partition coefficient (Wildman–Crippen LogP) is 2.65. The van der Waals surface area contributed by atoms with E-state index in [4.69, 9.17) is 10.3 Å². The average Bonchev–Trinajstić information content (AvgIpc) is 2.28. The Morgan fingerprint density at radius 1 is 1.35 bits per heavy atom. The van der Waals surface area contributed by atoms with Gasteiger partial charge in [-0.05, 0) is 18.0 Å². The monoisotopic (exact) mass is 233 g/mol. The third kappa shape index (κ3) is 4.81. The number of hydrogen-bond acceptors (Lipinski definition) is 4. The van der Waals surface area contributed by atoms with Gasteiger partial charge in [0.2, 0.25) is 0 Å². The molecule has 0 aliphatic rings. The van der Waals surface area contributed by atoms with Gasteiger partial charge in [-0.15, -0.1) is 0 Å². The number of rotatable bonds is 5. The van der Waals surface area contributed by atoms with Gasteiger partial charge in [0, 0.05) is 10.6 Å². The molecule has 0 fully saturated rings. The molecule has 0 heterocycles. The lowest BCUT2D eigenvalue weighted by atomic mass is 10.2. The first-order valence-corrected chi connectivity index (χ1v) is 4.91. The van der Waals surface area contributed by atoms with Crippen molar-refractivity contribution in [3.8, 4) is 0 Å². The van der Waals surface area contributed by atoms with Crippen molar-refractivity contribution in [1.29, 1.82) is 0 Å². The van der Waals surface area contributed by atoms with Crippen LogP contribution in [0.15, 0.2) is 29.4 Å². The minimum atomic E-state index is -0.545. The van der Waals surface area contributed by atoms with E-state index >= 15 is 0 Å². The molecule has 0 bridgehead atoms. The molecule has 0 amide bonds. The molecule has 0 aliphatic carbocycles. The topological polar surface area (TPSA) is 92.1 Å². The lowest BCUT2D eigenvalue weighted by Crippen LogP contribution is -2.08. The molecule has 1 aromatic carbocycles. The summed E-state index contributed by atoms with van der Waals surface area (Å²) in [7, 11) is 0. The van der Waals surface area contributed by atoms with Crippen molar-refractivity contribution in [3.63, 3.8) is 0 Å². The number of ether oxygens (including phenoxy) is 1. The minimum absolute atomic E-state index is 0.0999. The van der Waals surface area contributed by atoms with Gasteiger partial charge in [-0.25, -0.2) is 0 Å². The van der Waals surface area contributed by atoms with E-state index in [1.54, 1.807) is 24.3 Å². The predicted molar refractivity (Wildman–Crippen MR) is 60.3 cm³/mol. The van der Waals surface area contributed by atoms with Crippen molar-refractivity contribution >= 4 is 17.4 Å². The summed E-state index contributed by atoms with van der Waals surface area (Å²) in [5.74, 6) is -0.773. The molecule has 88 valence electrons. The first-order valence-electron chi connectivity index (χ1n) is 4.91. The summed E-state index contributed by atoms with van der Waals surface area (Å²) in [5.41, 5.74) is 9.46. The Morgan fingerprint density at radius 3 is 2.53 bits per heavy atom. The molecule has 0 unspecified atom stereocenters. The molecule has 0 saturated carbocycles. The number of ketones is 1. The van der Waals surface area contributed by atoms with E-state index in [2.05, 4.69) is 10.0 Å². The Kier molecular flexibility index (Phi) is 4.72. The molecule has 6 nitrogen and oxygen atoms in total. The highest BCUT2D eigenvalue weighted by Gasteiger charge is 2.06. The average molecular weight is 233 g/mol. The zero-order chi connectivity index (χ0) is 12.7. The molecule has 1 rings (SSSR count). The molecule has 0 atom stereocenters. The zero-order valence-electron chi connectivity index (χ0n) is 9.29. The maximum Gasteiger partial charge on any atom is 0.313 e. The molecule has 0 saturated heterocycles. The Morgan fingerprint density at radius 2 is 2.00 bits per heavy atom. The van der Waals surface area contributed by atoms with Crippen LogP contribution in [-0.2, 0) is 20.9 Å². The van der Waals surface area contributed by atoms with Gasteiger partial charge in [0.15, 0.2) is 0 Å². The lowest BCUT2D eigenvalue weighted by Gasteiger charge is -2.03. The van der Waals surface area contributed by atoms with E-state index in [0.29, 0.717) is 5.69 Å². The first kappa shape index (κ1) is 12.7. The normalized spacial score (nSPS) is 9.24. The van der Waals surface area contributed by atoms with Gasteiger partial charge in [-0.3, -0.25) is 9.59 Å². The van der Waals surface area contributed by atoms with E-state index in [1.165, 1.54) is 6.92 Å². The van der Waals surface area contributed by atoms with Gasteiger partial charge >= 0.3 is 5.97 Å². The molecule has 0 spiro atoms. The number of carbonyl (C=O) groups excluding carboxylic acids is 2. The fourth-order valence-corrected chi connectivity index (χ4v) is 1.13. The summed E-state index contributed by atoms with van der Waals surface area (Å²) >= 11 is 0. The quantitative estimate of drug-likeness (QED) is 0.257. The number of nitrogens with zero attached hydrogens (tertiary/aromatic N) is 3. The van der Waals surface area contributed by atoms with Gasteiger partial charge in [0.05, 0.1) is 0 Å². The molecule has 1 aromatic rings. The van der Waals surface area contributed by atoms with Gasteiger partial charge in [-0.2, -0.15) is 0 Å². The minimum Gasteiger partial charge on any atom is -0.460 e. The molecule has 0 radical (unpaired) electrons. The molecular formula is C11H11N3O3. The van der Waals surface area contributed by atoms with Crippen LogP contribution in [0.25, 0.3) is 10.4 Å². The van der Waals surface area contributed by atoms with Crippen LogP contribution in [0.3, 0.4) is 0 Å². The zero-order valence-corrected chi connectivity index (χ0v) is 9.29. The molecular weight excluding hydrogens is 222 g/mol. The number of Topliss-reactive ketones (excluding diaryl/α,β-unsaturated/α-hetero) is 1. The third-order valence-electron chi connectivity index (χ3n) is 1.89. The van der Waals surface area contributed by atoms with E-state index in [0.717, 1.165) is 5.56 Å². The standard InChI is InChI=1S/C11H11N3O3/c1-8(15)6-11(16)17-7-9-2-4-10(5-3-9)13-14-12/h2-5H,6-7H2,1H3. The highest BCUT2D eigenvalue weighted by atomic mass is 16.5. The molecule has 6 heteroatoms. The molecule has 0 N–H and O–H groups in total. The van der Waals surface area contributed by atoms with Crippen LogP contribution in [0, 0.1) is 0 Å². The molecule has 0 aliphatic heterocycles. The summed E-state index contributed by atoms with van der Waals surface area (Å²) < 4.78 is 4.88. The van der Waals surface area contributed by atoms with Crippen molar-refractivity contribution in [2.75, 3.05) is 0 Å². The fourth-order valence-electron chi connectivity index (χ4n) is 1.13. The summed E-state index contributed by atoms with van der Waals surface area (Å²) in [6.07, 6.45) is -0.211. The Balaban J connectivity index is 2.49. The smallest absolute Gasteiger partial charge is 0.313 e. The lowest BCUT2D eigenvalue weighted by molar-refractivity contribution is -0.146. The second-order valence-corrected chi connectivity index (χ2v) is 3.40. The number of carbonyl (C=O) groups is 2. The van der Waals surface area contributed by atoms with Crippen molar-refractivity contribution in [2.24, 2.45) is 5.11 Å². The van der Waals surface area contributed by atoms with Crippen LogP contribution >= 0.6 is 0 Å². The van der Waals surface area contributed by atoms with Crippen LogP contribution in [0.1, 0.15) is 18.9 Å². The van der Waals surface area contributed by atoms with Crippen LogP contribution in [0.5, 0.6) is 0 Å². The van der Waals surface area contributed by atoms with E-state index in [1.807, 2.05) is 0 Å². The van der Waals surface area contributed by atoms with Gasteiger partial charge in [0.1, 0.15) is 18.8 Å². The van der Waals surface area contributed by atoms with Crippen molar-refractivity contribution in [3.05, 3.63) is 40.3 Å². The second-order valence-electron chi connectivity index (χ2n) is 3.40. The number of esters is 1. The maximum atomic E-state index is 11.1. The third-order valence-corrected chi connectivity index (χ3v) is 1.89. The summed E-state index contributed by atoms with van der Waals surface area (Å²) in [6.45, 7) is 1.43. The van der Waals surface area contributed by atoms with Gasteiger partial charge < -0.3 is 4.74 Å². The first-order chi connectivity index (χ1) is 8.11.